The first kappa shape index (κ1) is 18.0. The van der Waals surface area contributed by atoms with E-state index in [0.29, 0.717) is 13.2 Å². The number of hydrogen-bond acceptors (Lipinski definition) is 3. The van der Waals surface area contributed by atoms with Crippen LogP contribution in [0.5, 0.6) is 11.5 Å². The first-order valence-corrected chi connectivity index (χ1v) is 8.97. The summed E-state index contributed by atoms with van der Waals surface area (Å²) in [5.74, 6) is 1.77. The number of aryl methyl sites for hydroxylation is 1. The third-order valence-electron chi connectivity index (χ3n) is 4.22. The highest BCUT2D eigenvalue weighted by Crippen LogP contribution is 2.18. The second kappa shape index (κ2) is 9.64. The van der Waals surface area contributed by atoms with Crippen LogP contribution in [0.3, 0.4) is 0 Å². The molecule has 0 heterocycles. The Bertz CT molecular complexity index is 802. The Kier molecular flexibility index (Phi) is 6.68. The van der Waals surface area contributed by atoms with Crippen LogP contribution >= 0.6 is 0 Å². The Labute approximate surface area is 155 Å². The molecule has 0 aliphatic rings. The maximum Gasteiger partial charge on any atom is 0.123 e. The van der Waals surface area contributed by atoms with Crippen molar-refractivity contribution in [2.24, 2.45) is 0 Å². The van der Waals surface area contributed by atoms with Crippen LogP contribution in [0, 0.1) is 6.92 Å². The van der Waals surface area contributed by atoms with Gasteiger partial charge in [0.2, 0.25) is 0 Å². The molecule has 0 radical (unpaired) electrons. The fraction of sp³-hybridized carbons (Fsp3) is 0.217. The molecule has 26 heavy (non-hydrogen) atoms. The highest BCUT2D eigenvalue weighted by Gasteiger charge is 2.04. The van der Waals surface area contributed by atoms with Gasteiger partial charge < -0.3 is 14.8 Å². The molecule has 3 heteroatoms. The van der Waals surface area contributed by atoms with Crippen LogP contribution in [0.15, 0.2) is 78.9 Å². The molecule has 0 unspecified atom stereocenters. The summed E-state index contributed by atoms with van der Waals surface area (Å²) in [5, 5.41) is 3.50. The quantitative estimate of drug-likeness (QED) is 0.567. The molecule has 0 aliphatic heterocycles. The molecule has 3 aromatic rings. The van der Waals surface area contributed by atoms with Crippen molar-refractivity contribution < 1.29 is 9.47 Å². The molecule has 0 aromatic heterocycles. The summed E-state index contributed by atoms with van der Waals surface area (Å²) in [6, 6.07) is 26.4. The van der Waals surface area contributed by atoms with Crippen molar-refractivity contribution in [3.8, 4) is 11.5 Å². The van der Waals surface area contributed by atoms with Gasteiger partial charge in [-0.15, -0.1) is 0 Å². The van der Waals surface area contributed by atoms with E-state index in [4.69, 9.17) is 9.47 Å². The van der Waals surface area contributed by atoms with Crippen molar-refractivity contribution in [3.63, 3.8) is 0 Å². The summed E-state index contributed by atoms with van der Waals surface area (Å²) < 4.78 is 11.6. The van der Waals surface area contributed by atoms with Gasteiger partial charge >= 0.3 is 0 Å². The highest BCUT2D eigenvalue weighted by molar-refractivity contribution is 5.33. The van der Waals surface area contributed by atoms with Crippen molar-refractivity contribution in [1.82, 2.24) is 5.32 Å². The lowest BCUT2D eigenvalue weighted by molar-refractivity contribution is 0.215. The fourth-order valence-corrected chi connectivity index (χ4v) is 2.76. The minimum Gasteiger partial charge on any atom is -0.490 e. The Morgan fingerprint density at radius 3 is 2.08 bits per heavy atom. The molecule has 134 valence electrons. The van der Waals surface area contributed by atoms with Crippen LogP contribution in [-0.4, -0.2) is 13.2 Å². The molecular weight excluding hydrogens is 322 g/mol. The lowest BCUT2D eigenvalue weighted by atomic mass is 10.1. The number of ether oxygens (including phenoxy) is 2. The van der Waals surface area contributed by atoms with Crippen LogP contribution in [0.4, 0.5) is 0 Å². The van der Waals surface area contributed by atoms with E-state index in [0.717, 1.165) is 30.2 Å². The summed E-state index contributed by atoms with van der Waals surface area (Å²) in [6.45, 7) is 4.79. The summed E-state index contributed by atoms with van der Waals surface area (Å²) in [7, 11) is 0. The molecule has 3 rings (SSSR count). The van der Waals surface area contributed by atoms with Gasteiger partial charge in [0.05, 0.1) is 0 Å². The Morgan fingerprint density at radius 2 is 1.27 bits per heavy atom. The van der Waals surface area contributed by atoms with Gasteiger partial charge in [-0.2, -0.15) is 0 Å². The Balaban J connectivity index is 1.47. The van der Waals surface area contributed by atoms with Gasteiger partial charge in [0.15, 0.2) is 0 Å². The van der Waals surface area contributed by atoms with E-state index in [1.165, 1.54) is 11.1 Å². The minimum absolute atomic E-state index is 0.518. The van der Waals surface area contributed by atoms with Crippen LogP contribution in [0.25, 0.3) is 0 Å². The van der Waals surface area contributed by atoms with Crippen LogP contribution in [-0.2, 0) is 13.1 Å². The molecule has 0 saturated carbocycles. The molecule has 0 spiro atoms. The van der Waals surface area contributed by atoms with Crippen molar-refractivity contribution in [1.29, 1.82) is 0 Å². The lowest BCUT2D eigenvalue weighted by Gasteiger charge is -2.13. The third-order valence-corrected chi connectivity index (χ3v) is 4.22. The summed E-state index contributed by atoms with van der Waals surface area (Å²) >= 11 is 0. The van der Waals surface area contributed by atoms with Gasteiger partial charge in [-0.1, -0.05) is 60.7 Å². The van der Waals surface area contributed by atoms with Gasteiger partial charge in [-0.25, -0.2) is 0 Å². The van der Waals surface area contributed by atoms with E-state index in [1.807, 2.05) is 48.5 Å². The average molecular weight is 347 g/mol. The molecule has 0 saturated heterocycles. The van der Waals surface area contributed by atoms with E-state index in [9.17, 15) is 0 Å². The largest absolute Gasteiger partial charge is 0.490 e. The Morgan fingerprint density at radius 1 is 0.654 bits per heavy atom. The van der Waals surface area contributed by atoms with Crippen molar-refractivity contribution >= 4 is 0 Å². The molecule has 1 N–H and O–H groups in total. The van der Waals surface area contributed by atoms with E-state index in [2.05, 4.69) is 42.6 Å². The zero-order chi connectivity index (χ0) is 18.0. The molecule has 0 bridgehead atoms. The predicted molar refractivity (Wildman–Crippen MR) is 106 cm³/mol. The number of hydrogen-bond donors (Lipinski definition) is 1. The highest BCUT2D eigenvalue weighted by atomic mass is 16.5. The smallest absolute Gasteiger partial charge is 0.123 e. The SMILES string of the molecule is Cc1ccccc1CNCc1ccccc1OCCOc1ccccc1. The number of benzene rings is 3. The summed E-state index contributed by atoms with van der Waals surface area (Å²) in [5.41, 5.74) is 3.78. The second-order valence-corrected chi connectivity index (χ2v) is 6.15. The average Bonchev–Trinajstić information content (AvgIpc) is 2.68. The van der Waals surface area contributed by atoms with Gasteiger partial charge in [-0.05, 0) is 36.2 Å². The number of rotatable bonds is 9. The van der Waals surface area contributed by atoms with Gasteiger partial charge in [0.25, 0.3) is 0 Å². The zero-order valence-corrected chi connectivity index (χ0v) is 15.2. The Hall–Kier alpha value is -2.78. The topological polar surface area (TPSA) is 30.5 Å². The number of para-hydroxylation sites is 2. The van der Waals surface area contributed by atoms with Crippen molar-refractivity contribution in [2.75, 3.05) is 13.2 Å². The predicted octanol–water partition coefficient (Wildman–Crippen LogP) is 4.74. The van der Waals surface area contributed by atoms with Crippen LogP contribution in [0.2, 0.25) is 0 Å². The first-order chi connectivity index (χ1) is 12.8. The minimum atomic E-state index is 0.518. The zero-order valence-electron chi connectivity index (χ0n) is 15.2. The third kappa shape index (κ3) is 5.36. The monoisotopic (exact) mass is 347 g/mol. The standard InChI is InChI=1S/C23H25NO2/c1-19-9-5-6-10-20(19)17-24-18-21-11-7-8-14-23(21)26-16-15-25-22-12-3-2-4-13-22/h2-14,24H,15-18H2,1H3. The molecule has 0 atom stereocenters. The molecular formula is C23H25NO2. The maximum atomic E-state index is 5.92. The van der Waals surface area contributed by atoms with E-state index >= 15 is 0 Å². The van der Waals surface area contributed by atoms with Gasteiger partial charge in [0.1, 0.15) is 24.7 Å². The van der Waals surface area contributed by atoms with Crippen LogP contribution in [0.1, 0.15) is 16.7 Å². The van der Waals surface area contributed by atoms with E-state index in [1.54, 1.807) is 0 Å². The molecule has 3 nitrogen and oxygen atoms in total. The molecule has 0 fully saturated rings. The summed E-state index contributed by atoms with van der Waals surface area (Å²) in [6.07, 6.45) is 0. The molecule has 0 aliphatic carbocycles. The molecule has 0 amide bonds. The van der Waals surface area contributed by atoms with Crippen LogP contribution < -0.4 is 14.8 Å². The fourth-order valence-electron chi connectivity index (χ4n) is 2.76. The molecule has 3 aromatic carbocycles. The van der Waals surface area contributed by atoms with Gasteiger partial charge in [0, 0.05) is 18.7 Å². The number of nitrogens with one attached hydrogen (secondary N) is 1. The van der Waals surface area contributed by atoms with Crippen molar-refractivity contribution in [3.05, 3.63) is 95.6 Å². The lowest BCUT2D eigenvalue weighted by Crippen LogP contribution is -2.15. The normalized spacial score (nSPS) is 10.5. The van der Waals surface area contributed by atoms with Crippen molar-refractivity contribution in [2.45, 2.75) is 20.0 Å². The second-order valence-electron chi connectivity index (χ2n) is 6.15. The van der Waals surface area contributed by atoms with Gasteiger partial charge in [-0.3, -0.25) is 0 Å². The van der Waals surface area contributed by atoms with E-state index < -0.39 is 0 Å². The maximum absolute atomic E-state index is 5.92. The first-order valence-electron chi connectivity index (χ1n) is 8.97. The summed E-state index contributed by atoms with van der Waals surface area (Å²) in [4.78, 5) is 0. The van der Waals surface area contributed by atoms with E-state index in [-0.39, 0.29) is 0 Å².